The molecule has 148 valence electrons. The lowest BCUT2D eigenvalue weighted by Crippen LogP contribution is -2.33. The summed E-state index contributed by atoms with van der Waals surface area (Å²) in [6, 6.07) is 22.5. The first-order chi connectivity index (χ1) is 14.1. The van der Waals surface area contributed by atoms with Gasteiger partial charge in [0.25, 0.3) is 0 Å². The molecule has 0 fully saturated rings. The Kier molecular flexibility index (Phi) is 6.02. The number of nitrogens with zero attached hydrogens (tertiary/aromatic N) is 1. The molecule has 6 heteroatoms. The van der Waals surface area contributed by atoms with Crippen molar-refractivity contribution in [2.75, 3.05) is 12.1 Å². The van der Waals surface area contributed by atoms with E-state index in [0.29, 0.717) is 18.2 Å². The first-order valence-corrected chi connectivity index (χ1v) is 10.5. The molecular weight excluding hydrogens is 448 g/mol. The van der Waals surface area contributed by atoms with Crippen molar-refractivity contribution >= 4 is 38.9 Å². The van der Waals surface area contributed by atoms with Crippen LogP contribution < -0.4 is 14.8 Å². The van der Waals surface area contributed by atoms with Gasteiger partial charge in [0.1, 0.15) is 0 Å². The Bertz CT molecular complexity index is 1010. The third-order valence-corrected chi connectivity index (χ3v) is 5.58. The van der Waals surface area contributed by atoms with E-state index < -0.39 is 0 Å². The Balaban J connectivity index is 1.54. The molecule has 1 heterocycles. The molecule has 0 aliphatic carbocycles. The van der Waals surface area contributed by atoms with E-state index in [1.807, 2.05) is 36.4 Å². The zero-order chi connectivity index (χ0) is 20.2. The summed E-state index contributed by atoms with van der Waals surface area (Å²) in [5.41, 5.74) is 4.52. The minimum absolute atomic E-state index is 0.273. The summed E-state index contributed by atoms with van der Waals surface area (Å²) in [4.78, 5) is 2.15. The number of fused-ring (bicyclic) bond motifs is 1. The summed E-state index contributed by atoms with van der Waals surface area (Å²) < 4.78 is 12.0. The maximum absolute atomic E-state index is 5.76. The highest BCUT2D eigenvalue weighted by atomic mass is 79.9. The van der Waals surface area contributed by atoms with E-state index in [-0.39, 0.29) is 6.79 Å². The number of hydrogen-bond acceptors (Lipinski definition) is 3. The second-order valence-corrected chi connectivity index (χ2v) is 8.27. The molecule has 0 radical (unpaired) electrons. The number of nitrogens with one attached hydrogen (secondary N) is 1. The molecule has 0 bridgehead atoms. The van der Waals surface area contributed by atoms with E-state index in [1.54, 1.807) is 0 Å². The molecule has 29 heavy (non-hydrogen) atoms. The highest BCUT2D eigenvalue weighted by molar-refractivity contribution is 9.10. The smallest absolute Gasteiger partial charge is 0.231 e. The number of thiocarbonyl (C=S) groups is 1. The van der Waals surface area contributed by atoms with Crippen molar-refractivity contribution in [1.82, 2.24) is 4.90 Å². The second-order valence-electron chi connectivity index (χ2n) is 6.97. The number of rotatable bonds is 5. The number of anilines is 1. The zero-order valence-electron chi connectivity index (χ0n) is 16.0. The predicted molar refractivity (Wildman–Crippen MR) is 123 cm³/mol. The van der Waals surface area contributed by atoms with Crippen LogP contribution >= 0.6 is 28.1 Å². The Morgan fingerprint density at radius 2 is 1.59 bits per heavy atom. The standard InChI is InChI=1S/C23H21BrN2O2S/c1-16-2-4-17(5-3-16)13-26(23(29)25-20-9-7-19(24)8-10-20)14-18-6-11-21-22(12-18)28-15-27-21/h2-12H,13-15H2,1H3,(H,25,29). The van der Waals surface area contributed by atoms with Crippen LogP contribution in [0.5, 0.6) is 11.5 Å². The molecule has 0 saturated heterocycles. The summed E-state index contributed by atoms with van der Waals surface area (Å²) >= 11 is 9.23. The summed E-state index contributed by atoms with van der Waals surface area (Å²) in [6.45, 7) is 3.73. The molecular formula is C23H21BrN2O2S. The minimum atomic E-state index is 0.273. The van der Waals surface area contributed by atoms with E-state index in [1.165, 1.54) is 11.1 Å². The van der Waals surface area contributed by atoms with E-state index in [2.05, 4.69) is 63.4 Å². The first kappa shape index (κ1) is 19.7. The quantitative estimate of drug-likeness (QED) is 0.472. The van der Waals surface area contributed by atoms with Crippen molar-refractivity contribution in [1.29, 1.82) is 0 Å². The largest absolute Gasteiger partial charge is 0.454 e. The van der Waals surface area contributed by atoms with Gasteiger partial charge in [0.05, 0.1) is 0 Å². The van der Waals surface area contributed by atoms with Crippen molar-refractivity contribution in [3.63, 3.8) is 0 Å². The molecule has 0 saturated carbocycles. The molecule has 0 atom stereocenters. The maximum atomic E-state index is 5.76. The molecule has 0 amide bonds. The van der Waals surface area contributed by atoms with Gasteiger partial charge in [0.2, 0.25) is 6.79 Å². The predicted octanol–water partition coefficient (Wildman–Crippen LogP) is 5.89. The molecule has 3 aromatic rings. The Morgan fingerprint density at radius 3 is 2.34 bits per heavy atom. The maximum Gasteiger partial charge on any atom is 0.231 e. The fraction of sp³-hybridized carbons (Fsp3) is 0.174. The molecule has 1 aliphatic heterocycles. The van der Waals surface area contributed by atoms with E-state index in [9.17, 15) is 0 Å². The molecule has 1 aliphatic rings. The van der Waals surface area contributed by atoms with Crippen LogP contribution in [-0.4, -0.2) is 16.8 Å². The first-order valence-electron chi connectivity index (χ1n) is 9.32. The van der Waals surface area contributed by atoms with Gasteiger partial charge in [-0.25, -0.2) is 0 Å². The van der Waals surface area contributed by atoms with Gasteiger partial charge in [-0.15, -0.1) is 0 Å². The van der Waals surface area contributed by atoms with Gasteiger partial charge in [-0.05, 0) is 66.7 Å². The number of aryl methyl sites for hydroxylation is 1. The van der Waals surface area contributed by atoms with Gasteiger partial charge in [-0.1, -0.05) is 51.8 Å². The average Bonchev–Trinajstić information content (AvgIpc) is 3.19. The van der Waals surface area contributed by atoms with Crippen molar-refractivity contribution < 1.29 is 9.47 Å². The Labute approximate surface area is 184 Å². The monoisotopic (exact) mass is 468 g/mol. The third-order valence-electron chi connectivity index (χ3n) is 4.69. The lowest BCUT2D eigenvalue weighted by atomic mass is 10.1. The topological polar surface area (TPSA) is 33.7 Å². The summed E-state index contributed by atoms with van der Waals surface area (Å²) in [5, 5.41) is 4.03. The second kappa shape index (κ2) is 8.84. The summed E-state index contributed by atoms with van der Waals surface area (Å²) in [7, 11) is 0. The van der Waals surface area contributed by atoms with Crippen LogP contribution in [0.25, 0.3) is 0 Å². The van der Waals surface area contributed by atoms with Crippen LogP contribution in [0.15, 0.2) is 71.2 Å². The molecule has 0 aromatic heterocycles. The number of halogens is 1. The number of hydrogen-bond donors (Lipinski definition) is 1. The van der Waals surface area contributed by atoms with Gasteiger partial charge < -0.3 is 19.7 Å². The SMILES string of the molecule is Cc1ccc(CN(Cc2ccc3c(c2)OCO3)C(=S)Nc2ccc(Br)cc2)cc1. The summed E-state index contributed by atoms with van der Waals surface area (Å²) in [6.07, 6.45) is 0. The Hall–Kier alpha value is -2.57. The van der Waals surface area contributed by atoms with Crippen LogP contribution in [0.2, 0.25) is 0 Å². The van der Waals surface area contributed by atoms with E-state index in [0.717, 1.165) is 27.2 Å². The molecule has 4 nitrogen and oxygen atoms in total. The highest BCUT2D eigenvalue weighted by Gasteiger charge is 2.16. The normalized spacial score (nSPS) is 11.9. The number of ether oxygens (including phenoxy) is 2. The average molecular weight is 469 g/mol. The third kappa shape index (κ3) is 5.08. The highest BCUT2D eigenvalue weighted by Crippen LogP contribution is 2.33. The molecule has 4 rings (SSSR count). The van der Waals surface area contributed by atoms with E-state index >= 15 is 0 Å². The summed E-state index contributed by atoms with van der Waals surface area (Å²) in [5.74, 6) is 1.57. The van der Waals surface area contributed by atoms with E-state index in [4.69, 9.17) is 21.7 Å². The molecule has 0 spiro atoms. The van der Waals surface area contributed by atoms with Crippen LogP contribution in [0.1, 0.15) is 16.7 Å². The van der Waals surface area contributed by atoms with Gasteiger partial charge >= 0.3 is 0 Å². The van der Waals surface area contributed by atoms with Crippen molar-refractivity contribution in [3.05, 3.63) is 87.9 Å². The molecule has 0 unspecified atom stereocenters. The van der Waals surface area contributed by atoms with Crippen LogP contribution in [0, 0.1) is 6.92 Å². The lowest BCUT2D eigenvalue weighted by Gasteiger charge is -2.26. The van der Waals surface area contributed by atoms with Crippen molar-refractivity contribution in [3.8, 4) is 11.5 Å². The lowest BCUT2D eigenvalue weighted by molar-refractivity contribution is 0.174. The van der Waals surface area contributed by atoms with Crippen LogP contribution in [0.4, 0.5) is 5.69 Å². The minimum Gasteiger partial charge on any atom is -0.454 e. The Morgan fingerprint density at radius 1 is 0.931 bits per heavy atom. The van der Waals surface area contributed by atoms with Crippen LogP contribution in [-0.2, 0) is 13.1 Å². The van der Waals surface area contributed by atoms with Gasteiger partial charge in [-0.2, -0.15) is 0 Å². The number of benzene rings is 3. The van der Waals surface area contributed by atoms with Gasteiger partial charge in [0, 0.05) is 23.2 Å². The molecule has 3 aromatic carbocycles. The zero-order valence-corrected chi connectivity index (χ0v) is 18.4. The van der Waals surface area contributed by atoms with Crippen LogP contribution in [0.3, 0.4) is 0 Å². The van der Waals surface area contributed by atoms with Crippen molar-refractivity contribution in [2.45, 2.75) is 20.0 Å². The fourth-order valence-electron chi connectivity index (χ4n) is 3.11. The van der Waals surface area contributed by atoms with Gasteiger partial charge in [0.15, 0.2) is 16.6 Å². The molecule has 1 N–H and O–H groups in total. The van der Waals surface area contributed by atoms with Gasteiger partial charge in [-0.3, -0.25) is 0 Å². The van der Waals surface area contributed by atoms with Crippen molar-refractivity contribution in [2.24, 2.45) is 0 Å². The fourth-order valence-corrected chi connectivity index (χ4v) is 3.62.